The second-order valence-corrected chi connectivity index (χ2v) is 4.81. The summed E-state index contributed by atoms with van der Waals surface area (Å²) in [5.74, 6) is 2.38. The molecule has 0 unspecified atom stereocenters. The van der Waals surface area contributed by atoms with E-state index >= 15 is 0 Å². The van der Waals surface area contributed by atoms with E-state index in [1.165, 1.54) is 0 Å². The predicted octanol–water partition coefficient (Wildman–Crippen LogP) is 1.69. The van der Waals surface area contributed by atoms with Crippen molar-refractivity contribution in [3.63, 3.8) is 0 Å². The Hall–Kier alpha value is -2.63. The normalized spacial score (nSPS) is 10.9. The Morgan fingerprint density at radius 2 is 2.20 bits per heavy atom. The van der Waals surface area contributed by atoms with Crippen LogP contribution in [0.1, 0.15) is 17.2 Å². The van der Waals surface area contributed by atoms with Crippen LogP contribution in [0, 0.1) is 6.92 Å². The first-order valence-corrected chi connectivity index (χ1v) is 6.37. The molecule has 6 nitrogen and oxygen atoms in total. The fourth-order valence-electron chi connectivity index (χ4n) is 2.00. The molecule has 0 saturated carbocycles. The van der Waals surface area contributed by atoms with E-state index in [4.69, 9.17) is 5.73 Å². The van der Waals surface area contributed by atoms with Crippen molar-refractivity contribution in [3.8, 4) is 11.4 Å². The lowest BCUT2D eigenvalue weighted by molar-refractivity contribution is 0.797. The van der Waals surface area contributed by atoms with E-state index in [0.717, 1.165) is 28.5 Å². The van der Waals surface area contributed by atoms with Gasteiger partial charge in [0.2, 0.25) is 0 Å². The fourth-order valence-corrected chi connectivity index (χ4v) is 2.00. The molecule has 102 valence electrons. The molecular weight excluding hydrogens is 252 g/mol. The molecule has 3 rings (SSSR count). The van der Waals surface area contributed by atoms with Crippen LogP contribution >= 0.6 is 0 Å². The lowest BCUT2D eigenvalue weighted by atomic mass is 10.1. The summed E-state index contributed by atoms with van der Waals surface area (Å²) in [7, 11) is 1.96. The van der Waals surface area contributed by atoms with Crippen LogP contribution in [0.5, 0.6) is 0 Å². The SMILES string of the molecule is Cc1ccc(-c2n[nH]c(Cc3nccn3C)n2)cc1N. The zero-order valence-electron chi connectivity index (χ0n) is 11.5. The zero-order chi connectivity index (χ0) is 14.1. The van der Waals surface area contributed by atoms with Crippen LogP contribution in [-0.2, 0) is 13.5 Å². The summed E-state index contributed by atoms with van der Waals surface area (Å²) in [6.45, 7) is 1.98. The number of rotatable bonds is 3. The van der Waals surface area contributed by atoms with Crippen molar-refractivity contribution in [2.75, 3.05) is 5.73 Å². The van der Waals surface area contributed by atoms with Gasteiger partial charge in [0.25, 0.3) is 0 Å². The monoisotopic (exact) mass is 268 g/mol. The molecule has 0 radical (unpaired) electrons. The molecule has 2 aromatic heterocycles. The number of aromatic amines is 1. The molecule has 0 fully saturated rings. The molecule has 0 aliphatic rings. The number of benzene rings is 1. The number of hydrogen-bond acceptors (Lipinski definition) is 4. The Balaban J connectivity index is 1.86. The molecule has 6 heteroatoms. The van der Waals surface area contributed by atoms with E-state index in [9.17, 15) is 0 Å². The van der Waals surface area contributed by atoms with E-state index in [0.29, 0.717) is 12.2 Å². The number of anilines is 1. The number of H-pyrrole nitrogens is 1. The maximum absolute atomic E-state index is 5.92. The minimum Gasteiger partial charge on any atom is -0.398 e. The lowest BCUT2D eigenvalue weighted by Crippen LogP contribution is -1.99. The Bertz CT molecular complexity index is 740. The van der Waals surface area contributed by atoms with Gasteiger partial charge in [-0.3, -0.25) is 5.10 Å². The zero-order valence-corrected chi connectivity index (χ0v) is 11.5. The number of nitrogens with one attached hydrogen (secondary N) is 1. The van der Waals surface area contributed by atoms with Gasteiger partial charge in [0.15, 0.2) is 5.82 Å². The Morgan fingerprint density at radius 1 is 1.35 bits per heavy atom. The van der Waals surface area contributed by atoms with Gasteiger partial charge < -0.3 is 10.3 Å². The molecule has 0 saturated heterocycles. The third-order valence-corrected chi connectivity index (χ3v) is 3.32. The van der Waals surface area contributed by atoms with E-state index in [-0.39, 0.29) is 0 Å². The van der Waals surface area contributed by atoms with Crippen LogP contribution in [0.15, 0.2) is 30.6 Å². The molecule has 20 heavy (non-hydrogen) atoms. The molecule has 1 aromatic carbocycles. The van der Waals surface area contributed by atoms with Crippen molar-refractivity contribution >= 4 is 5.69 Å². The molecule has 0 bridgehead atoms. The summed E-state index contributed by atoms with van der Waals surface area (Å²) in [5.41, 5.74) is 8.63. The highest BCUT2D eigenvalue weighted by Gasteiger charge is 2.09. The summed E-state index contributed by atoms with van der Waals surface area (Å²) in [6, 6.07) is 5.84. The molecule has 0 amide bonds. The summed E-state index contributed by atoms with van der Waals surface area (Å²) in [6.07, 6.45) is 4.30. The van der Waals surface area contributed by atoms with Gasteiger partial charge in [0.1, 0.15) is 11.6 Å². The topological polar surface area (TPSA) is 85.4 Å². The highest BCUT2D eigenvalue weighted by molar-refractivity contribution is 5.63. The predicted molar refractivity (Wildman–Crippen MR) is 77.0 cm³/mol. The highest BCUT2D eigenvalue weighted by atomic mass is 15.2. The van der Waals surface area contributed by atoms with Gasteiger partial charge >= 0.3 is 0 Å². The fraction of sp³-hybridized carbons (Fsp3) is 0.214. The van der Waals surface area contributed by atoms with Crippen LogP contribution in [0.25, 0.3) is 11.4 Å². The van der Waals surface area contributed by atoms with Gasteiger partial charge in [-0.1, -0.05) is 12.1 Å². The number of nitrogen functional groups attached to an aromatic ring is 1. The molecule has 0 spiro atoms. The van der Waals surface area contributed by atoms with E-state index < -0.39 is 0 Å². The highest BCUT2D eigenvalue weighted by Crippen LogP contribution is 2.20. The van der Waals surface area contributed by atoms with Crippen LogP contribution in [0.3, 0.4) is 0 Å². The number of aryl methyl sites for hydroxylation is 2. The molecule has 2 heterocycles. The van der Waals surface area contributed by atoms with Gasteiger partial charge in [0, 0.05) is 30.7 Å². The minimum atomic E-state index is 0.623. The molecule has 0 atom stereocenters. The Kier molecular flexibility index (Phi) is 2.98. The first-order chi connectivity index (χ1) is 9.63. The first kappa shape index (κ1) is 12.4. The van der Waals surface area contributed by atoms with Gasteiger partial charge in [-0.05, 0) is 18.6 Å². The average molecular weight is 268 g/mol. The second kappa shape index (κ2) is 4.80. The maximum Gasteiger partial charge on any atom is 0.181 e. The standard InChI is InChI=1S/C14H16N6/c1-9-3-4-10(7-11(9)15)14-17-12(18-19-14)8-13-16-5-6-20(13)2/h3-7H,8,15H2,1-2H3,(H,17,18,19). The molecule has 3 N–H and O–H groups in total. The minimum absolute atomic E-state index is 0.623. The Labute approximate surface area is 116 Å². The quantitative estimate of drug-likeness (QED) is 0.708. The molecular formula is C14H16N6. The largest absolute Gasteiger partial charge is 0.398 e. The second-order valence-electron chi connectivity index (χ2n) is 4.81. The first-order valence-electron chi connectivity index (χ1n) is 6.37. The maximum atomic E-state index is 5.92. The van der Waals surface area contributed by atoms with E-state index in [2.05, 4.69) is 20.2 Å². The number of nitrogens with zero attached hydrogens (tertiary/aromatic N) is 4. The Morgan fingerprint density at radius 3 is 2.90 bits per heavy atom. The van der Waals surface area contributed by atoms with Gasteiger partial charge in [-0.2, -0.15) is 5.10 Å². The van der Waals surface area contributed by atoms with Crippen LogP contribution in [0.2, 0.25) is 0 Å². The van der Waals surface area contributed by atoms with Crippen molar-refractivity contribution in [3.05, 3.63) is 47.8 Å². The summed E-state index contributed by atoms with van der Waals surface area (Å²) in [5, 5.41) is 7.19. The summed E-state index contributed by atoms with van der Waals surface area (Å²) >= 11 is 0. The molecule has 0 aliphatic carbocycles. The van der Waals surface area contributed by atoms with Crippen molar-refractivity contribution in [1.29, 1.82) is 0 Å². The third kappa shape index (κ3) is 2.27. The smallest absolute Gasteiger partial charge is 0.181 e. The van der Waals surface area contributed by atoms with Crippen molar-refractivity contribution in [2.24, 2.45) is 7.05 Å². The third-order valence-electron chi connectivity index (χ3n) is 3.32. The van der Waals surface area contributed by atoms with E-state index in [1.54, 1.807) is 6.20 Å². The van der Waals surface area contributed by atoms with Gasteiger partial charge in [-0.25, -0.2) is 9.97 Å². The lowest BCUT2D eigenvalue weighted by Gasteiger charge is -2.01. The number of nitrogens with two attached hydrogens (primary N) is 1. The van der Waals surface area contributed by atoms with Crippen molar-refractivity contribution in [1.82, 2.24) is 24.7 Å². The summed E-state index contributed by atoms with van der Waals surface area (Å²) in [4.78, 5) is 8.77. The van der Waals surface area contributed by atoms with Crippen LogP contribution < -0.4 is 5.73 Å². The number of aromatic nitrogens is 5. The number of hydrogen-bond donors (Lipinski definition) is 2. The van der Waals surface area contributed by atoms with Gasteiger partial charge in [-0.15, -0.1) is 0 Å². The van der Waals surface area contributed by atoms with Gasteiger partial charge in [0.05, 0.1) is 6.42 Å². The van der Waals surface area contributed by atoms with Crippen molar-refractivity contribution in [2.45, 2.75) is 13.3 Å². The van der Waals surface area contributed by atoms with E-state index in [1.807, 2.05) is 42.9 Å². The average Bonchev–Trinajstić information content (AvgIpc) is 3.04. The summed E-state index contributed by atoms with van der Waals surface area (Å²) < 4.78 is 1.96. The number of imidazole rings is 1. The molecule has 0 aliphatic heterocycles. The molecule has 3 aromatic rings. The van der Waals surface area contributed by atoms with Crippen LogP contribution in [-0.4, -0.2) is 24.7 Å². The van der Waals surface area contributed by atoms with Crippen LogP contribution in [0.4, 0.5) is 5.69 Å². The van der Waals surface area contributed by atoms with Crippen molar-refractivity contribution < 1.29 is 0 Å².